The van der Waals surface area contributed by atoms with E-state index in [9.17, 15) is 0 Å². The van der Waals surface area contributed by atoms with Gasteiger partial charge < -0.3 is 19.7 Å². The number of methoxy groups -OCH3 is 1. The molecule has 0 spiro atoms. The highest BCUT2D eigenvalue weighted by molar-refractivity contribution is 14.0. The SMILES string of the molecule is CCNC(=NCCCOCCOC)N1CCC(C)(C)C1.I. The smallest absolute Gasteiger partial charge is 0.193 e. The number of ether oxygens (including phenoxy) is 2. The maximum absolute atomic E-state index is 5.45. The molecule has 1 fully saturated rings. The summed E-state index contributed by atoms with van der Waals surface area (Å²) in [6.07, 6.45) is 2.19. The summed E-state index contributed by atoms with van der Waals surface area (Å²) in [6, 6.07) is 0. The third-order valence-corrected chi connectivity index (χ3v) is 3.45. The first-order valence-electron chi connectivity index (χ1n) is 7.69. The Bertz CT molecular complexity index is 299. The van der Waals surface area contributed by atoms with Gasteiger partial charge in [-0.15, -0.1) is 24.0 Å². The molecule has 0 atom stereocenters. The monoisotopic (exact) mass is 413 g/mol. The van der Waals surface area contributed by atoms with Crippen molar-refractivity contribution < 1.29 is 9.47 Å². The first-order valence-corrected chi connectivity index (χ1v) is 7.69. The summed E-state index contributed by atoms with van der Waals surface area (Å²) < 4.78 is 10.4. The van der Waals surface area contributed by atoms with Crippen molar-refractivity contribution in [3.63, 3.8) is 0 Å². The van der Waals surface area contributed by atoms with Crippen LogP contribution in [-0.2, 0) is 9.47 Å². The van der Waals surface area contributed by atoms with Crippen LogP contribution in [0.3, 0.4) is 0 Å². The van der Waals surface area contributed by atoms with Crippen molar-refractivity contribution in [1.29, 1.82) is 0 Å². The van der Waals surface area contributed by atoms with E-state index in [0.29, 0.717) is 18.6 Å². The molecule has 1 heterocycles. The first kappa shape index (κ1) is 20.9. The third-order valence-electron chi connectivity index (χ3n) is 3.45. The van der Waals surface area contributed by atoms with Crippen LogP contribution in [-0.4, -0.2) is 64.0 Å². The Labute approximate surface area is 146 Å². The van der Waals surface area contributed by atoms with Crippen LogP contribution >= 0.6 is 24.0 Å². The van der Waals surface area contributed by atoms with Crippen molar-refractivity contribution in [2.24, 2.45) is 10.4 Å². The molecule has 1 saturated heterocycles. The van der Waals surface area contributed by atoms with Crippen molar-refractivity contribution in [2.45, 2.75) is 33.6 Å². The molecule has 0 aliphatic carbocycles. The topological polar surface area (TPSA) is 46.1 Å². The van der Waals surface area contributed by atoms with Crippen LogP contribution in [0.25, 0.3) is 0 Å². The molecule has 0 amide bonds. The van der Waals surface area contributed by atoms with Crippen LogP contribution < -0.4 is 5.32 Å². The molecule has 1 aliphatic rings. The molecule has 1 aliphatic heterocycles. The average Bonchev–Trinajstić information content (AvgIpc) is 2.77. The van der Waals surface area contributed by atoms with Gasteiger partial charge in [-0.05, 0) is 25.2 Å². The molecular weight excluding hydrogens is 381 g/mol. The minimum absolute atomic E-state index is 0. The van der Waals surface area contributed by atoms with Crippen LogP contribution in [0.2, 0.25) is 0 Å². The summed E-state index contributed by atoms with van der Waals surface area (Å²) in [5.74, 6) is 1.05. The van der Waals surface area contributed by atoms with E-state index in [0.717, 1.165) is 45.2 Å². The summed E-state index contributed by atoms with van der Waals surface area (Å²) in [4.78, 5) is 7.07. The molecule has 0 aromatic rings. The molecule has 6 heteroatoms. The maximum Gasteiger partial charge on any atom is 0.193 e. The maximum atomic E-state index is 5.45. The summed E-state index contributed by atoms with van der Waals surface area (Å²) in [6.45, 7) is 12.7. The molecule has 0 bridgehead atoms. The Morgan fingerprint density at radius 1 is 1.29 bits per heavy atom. The predicted octanol–water partition coefficient (Wildman–Crippen LogP) is 2.35. The third kappa shape index (κ3) is 8.83. The van der Waals surface area contributed by atoms with Gasteiger partial charge in [-0.3, -0.25) is 4.99 Å². The van der Waals surface area contributed by atoms with Gasteiger partial charge in [0.25, 0.3) is 0 Å². The zero-order valence-electron chi connectivity index (χ0n) is 14.0. The van der Waals surface area contributed by atoms with E-state index in [-0.39, 0.29) is 24.0 Å². The Morgan fingerprint density at radius 2 is 2.05 bits per heavy atom. The molecule has 1 rings (SSSR count). The van der Waals surface area contributed by atoms with Gasteiger partial charge in [-0.2, -0.15) is 0 Å². The van der Waals surface area contributed by atoms with E-state index in [1.165, 1.54) is 6.42 Å². The zero-order chi connectivity index (χ0) is 14.8. The van der Waals surface area contributed by atoms with Crippen molar-refractivity contribution in [1.82, 2.24) is 10.2 Å². The van der Waals surface area contributed by atoms with Gasteiger partial charge in [0.1, 0.15) is 0 Å². The summed E-state index contributed by atoms with van der Waals surface area (Å²) in [5, 5.41) is 3.39. The van der Waals surface area contributed by atoms with Gasteiger partial charge in [0.15, 0.2) is 5.96 Å². The van der Waals surface area contributed by atoms with Gasteiger partial charge in [-0.1, -0.05) is 13.8 Å². The number of hydrogen-bond donors (Lipinski definition) is 1. The highest BCUT2D eigenvalue weighted by atomic mass is 127. The van der Waals surface area contributed by atoms with E-state index >= 15 is 0 Å². The molecule has 126 valence electrons. The molecule has 0 aromatic heterocycles. The van der Waals surface area contributed by atoms with Crippen LogP contribution in [0, 0.1) is 5.41 Å². The number of aliphatic imine (C=N–C) groups is 1. The predicted molar refractivity (Wildman–Crippen MR) is 98.7 cm³/mol. The number of rotatable bonds is 8. The van der Waals surface area contributed by atoms with Crippen molar-refractivity contribution in [3.8, 4) is 0 Å². The lowest BCUT2D eigenvalue weighted by Gasteiger charge is -2.23. The lowest BCUT2D eigenvalue weighted by Crippen LogP contribution is -2.40. The molecule has 5 nitrogen and oxygen atoms in total. The second-order valence-corrected chi connectivity index (χ2v) is 6.03. The largest absolute Gasteiger partial charge is 0.382 e. The van der Waals surface area contributed by atoms with Crippen molar-refractivity contribution >= 4 is 29.9 Å². The van der Waals surface area contributed by atoms with Gasteiger partial charge >= 0.3 is 0 Å². The van der Waals surface area contributed by atoms with Crippen LogP contribution in [0.4, 0.5) is 0 Å². The van der Waals surface area contributed by atoms with Gasteiger partial charge in [-0.25, -0.2) is 0 Å². The summed E-state index contributed by atoms with van der Waals surface area (Å²) >= 11 is 0. The Morgan fingerprint density at radius 3 is 2.62 bits per heavy atom. The molecule has 0 radical (unpaired) electrons. The number of hydrogen-bond acceptors (Lipinski definition) is 3. The lowest BCUT2D eigenvalue weighted by molar-refractivity contribution is 0.0702. The number of likely N-dealkylation sites (tertiary alicyclic amines) is 1. The summed E-state index contributed by atoms with van der Waals surface area (Å²) in [7, 11) is 1.69. The lowest BCUT2D eigenvalue weighted by atomic mass is 9.93. The van der Waals surface area contributed by atoms with E-state index in [1.807, 2.05) is 0 Å². The fourth-order valence-corrected chi connectivity index (χ4v) is 2.31. The molecule has 1 N–H and O–H groups in total. The highest BCUT2D eigenvalue weighted by Crippen LogP contribution is 2.28. The molecule has 21 heavy (non-hydrogen) atoms. The fraction of sp³-hybridized carbons (Fsp3) is 0.933. The highest BCUT2D eigenvalue weighted by Gasteiger charge is 2.30. The zero-order valence-corrected chi connectivity index (χ0v) is 16.3. The van der Waals surface area contributed by atoms with Crippen molar-refractivity contribution in [2.75, 3.05) is 53.1 Å². The number of nitrogens with one attached hydrogen (secondary N) is 1. The Kier molecular flexibility index (Phi) is 11.4. The quantitative estimate of drug-likeness (QED) is 0.287. The van der Waals surface area contributed by atoms with Crippen LogP contribution in [0.1, 0.15) is 33.6 Å². The van der Waals surface area contributed by atoms with Gasteiger partial charge in [0.2, 0.25) is 0 Å². The van der Waals surface area contributed by atoms with Gasteiger partial charge in [0, 0.05) is 39.9 Å². The fourth-order valence-electron chi connectivity index (χ4n) is 2.31. The minimum atomic E-state index is 0. The number of guanidine groups is 1. The van der Waals surface area contributed by atoms with Crippen LogP contribution in [0.15, 0.2) is 4.99 Å². The average molecular weight is 413 g/mol. The summed E-state index contributed by atoms with van der Waals surface area (Å²) in [5.41, 5.74) is 0.402. The van der Waals surface area contributed by atoms with Crippen molar-refractivity contribution in [3.05, 3.63) is 0 Å². The molecular formula is C15H32IN3O2. The standard InChI is InChI=1S/C15H31N3O2.HI/c1-5-16-14(18-9-7-15(2,3)13-18)17-8-6-10-20-12-11-19-4;/h5-13H2,1-4H3,(H,16,17);1H. The molecule has 0 unspecified atom stereocenters. The Balaban J connectivity index is 0.00000400. The first-order chi connectivity index (χ1) is 9.59. The van der Waals surface area contributed by atoms with Gasteiger partial charge in [0.05, 0.1) is 13.2 Å². The van der Waals surface area contributed by atoms with Crippen LogP contribution in [0.5, 0.6) is 0 Å². The van der Waals surface area contributed by atoms with E-state index in [4.69, 9.17) is 14.5 Å². The number of nitrogens with zero attached hydrogens (tertiary/aromatic N) is 2. The molecule has 0 aromatic carbocycles. The minimum Gasteiger partial charge on any atom is -0.382 e. The second kappa shape index (κ2) is 11.5. The normalized spacial score (nSPS) is 17.7. The Hall–Kier alpha value is -0.0800. The second-order valence-electron chi connectivity index (χ2n) is 6.03. The van der Waals surface area contributed by atoms with E-state index in [2.05, 4.69) is 31.0 Å². The van der Waals surface area contributed by atoms with E-state index in [1.54, 1.807) is 7.11 Å². The van der Waals surface area contributed by atoms with E-state index < -0.39 is 0 Å². The number of halogens is 1. The molecule has 0 saturated carbocycles.